The van der Waals surface area contributed by atoms with E-state index in [1.807, 2.05) is 18.2 Å². The Balaban J connectivity index is 1.68. The molecule has 2 aromatic carbocycles. The molecule has 0 fully saturated rings. The van der Waals surface area contributed by atoms with Crippen LogP contribution in [0.5, 0.6) is 0 Å². The van der Waals surface area contributed by atoms with Crippen LogP contribution in [0, 0.1) is 0 Å². The molecule has 9 heteroatoms. The molecule has 26 heavy (non-hydrogen) atoms. The average molecular weight is 446 g/mol. The van der Waals surface area contributed by atoms with Crippen LogP contribution in [0.2, 0.25) is 20.1 Å². The van der Waals surface area contributed by atoms with Crippen molar-refractivity contribution in [1.82, 2.24) is 9.78 Å². The van der Waals surface area contributed by atoms with Crippen LogP contribution < -0.4 is 10.6 Å². The van der Waals surface area contributed by atoms with Crippen LogP contribution >= 0.6 is 58.6 Å². The highest BCUT2D eigenvalue weighted by molar-refractivity contribution is 7.80. The second-order valence-electron chi connectivity index (χ2n) is 5.35. The summed E-state index contributed by atoms with van der Waals surface area (Å²) in [5.74, 6) is 0.441. The molecule has 0 saturated carbocycles. The molecule has 0 aliphatic carbocycles. The van der Waals surface area contributed by atoms with Crippen molar-refractivity contribution in [2.75, 3.05) is 10.6 Å². The molecule has 0 saturated heterocycles. The van der Waals surface area contributed by atoms with Gasteiger partial charge < -0.3 is 10.6 Å². The third-order valence-electron chi connectivity index (χ3n) is 3.38. The maximum atomic E-state index is 6.24. The minimum atomic E-state index is 0.351. The lowest BCUT2D eigenvalue weighted by Gasteiger charge is -2.09. The number of nitrogens with one attached hydrogen (secondary N) is 2. The third-order valence-corrected chi connectivity index (χ3v) is 4.68. The van der Waals surface area contributed by atoms with Gasteiger partial charge in [-0.05, 0) is 48.1 Å². The van der Waals surface area contributed by atoms with Gasteiger partial charge in [0, 0.05) is 27.0 Å². The zero-order valence-corrected chi connectivity index (χ0v) is 17.0. The van der Waals surface area contributed by atoms with E-state index in [4.69, 9.17) is 58.6 Å². The Bertz CT molecular complexity index is 958. The fourth-order valence-corrected chi connectivity index (χ4v) is 3.29. The molecule has 1 heterocycles. The topological polar surface area (TPSA) is 41.9 Å². The fraction of sp³-hybridized carbons (Fsp3) is 0.0588. The summed E-state index contributed by atoms with van der Waals surface area (Å²) >= 11 is 29.6. The van der Waals surface area contributed by atoms with Gasteiger partial charge in [-0.25, -0.2) is 0 Å². The van der Waals surface area contributed by atoms with E-state index >= 15 is 0 Å². The largest absolute Gasteiger partial charge is 0.332 e. The second kappa shape index (κ2) is 8.46. The van der Waals surface area contributed by atoms with E-state index in [1.165, 1.54) is 0 Å². The molecular weight excluding hydrogens is 434 g/mol. The van der Waals surface area contributed by atoms with E-state index < -0.39 is 0 Å². The normalized spacial score (nSPS) is 10.6. The lowest BCUT2D eigenvalue weighted by atomic mass is 10.2. The molecule has 0 aliphatic rings. The zero-order chi connectivity index (χ0) is 18.7. The van der Waals surface area contributed by atoms with Gasteiger partial charge in [-0.1, -0.05) is 58.5 Å². The Kier molecular flexibility index (Phi) is 6.27. The van der Waals surface area contributed by atoms with Crippen molar-refractivity contribution in [2.24, 2.45) is 0 Å². The van der Waals surface area contributed by atoms with Gasteiger partial charge in [-0.15, -0.1) is 0 Å². The van der Waals surface area contributed by atoms with E-state index in [9.17, 15) is 0 Å². The molecule has 3 aromatic rings. The van der Waals surface area contributed by atoms with Crippen LogP contribution in [0.15, 0.2) is 48.7 Å². The first kappa shape index (κ1) is 19.3. The maximum Gasteiger partial charge on any atom is 0.176 e. The van der Waals surface area contributed by atoms with Crippen LogP contribution in [-0.2, 0) is 6.54 Å². The number of rotatable bonds is 4. The molecule has 3 rings (SSSR count). The van der Waals surface area contributed by atoms with Crippen LogP contribution in [-0.4, -0.2) is 14.9 Å². The van der Waals surface area contributed by atoms with Crippen molar-refractivity contribution in [3.05, 3.63) is 74.3 Å². The summed E-state index contributed by atoms with van der Waals surface area (Å²) in [5, 5.41) is 12.9. The highest BCUT2D eigenvalue weighted by atomic mass is 35.5. The molecule has 4 nitrogen and oxygen atoms in total. The van der Waals surface area contributed by atoms with Gasteiger partial charge in [0.15, 0.2) is 10.9 Å². The Hall–Kier alpha value is -1.50. The van der Waals surface area contributed by atoms with E-state index in [1.54, 1.807) is 35.1 Å². The van der Waals surface area contributed by atoms with Crippen LogP contribution in [0.3, 0.4) is 0 Å². The Morgan fingerprint density at radius 3 is 2.46 bits per heavy atom. The third kappa shape index (κ3) is 5.02. The number of hydrogen-bond donors (Lipinski definition) is 2. The minimum absolute atomic E-state index is 0.351. The summed E-state index contributed by atoms with van der Waals surface area (Å²) in [6.45, 7) is 0.450. The average Bonchev–Trinajstić information content (AvgIpc) is 2.89. The summed E-state index contributed by atoms with van der Waals surface area (Å²) in [6, 6.07) is 12.5. The summed E-state index contributed by atoms with van der Waals surface area (Å²) in [5.41, 5.74) is 1.64. The zero-order valence-electron chi connectivity index (χ0n) is 13.1. The summed E-state index contributed by atoms with van der Waals surface area (Å²) < 4.78 is 1.67. The molecule has 0 bridgehead atoms. The number of thiocarbonyl (C=S) groups is 1. The lowest BCUT2D eigenvalue weighted by molar-refractivity contribution is 0.690. The van der Waals surface area contributed by atoms with Gasteiger partial charge in [0.1, 0.15) is 5.02 Å². The van der Waals surface area contributed by atoms with Gasteiger partial charge in [0.25, 0.3) is 0 Å². The Labute approximate surface area is 176 Å². The van der Waals surface area contributed by atoms with E-state index in [0.717, 1.165) is 11.3 Å². The van der Waals surface area contributed by atoms with Crippen molar-refractivity contribution in [2.45, 2.75) is 6.54 Å². The predicted octanol–water partition coefficient (Wildman–Crippen LogP) is 6.35. The predicted molar refractivity (Wildman–Crippen MR) is 114 cm³/mol. The van der Waals surface area contributed by atoms with Gasteiger partial charge in [-0.2, -0.15) is 5.10 Å². The quantitative estimate of drug-likeness (QED) is 0.458. The van der Waals surface area contributed by atoms with E-state index in [0.29, 0.717) is 37.6 Å². The minimum Gasteiger partial charge on any atom is -0.332 e. The highest BCUT2D eigenvalue weighted by Crippen LogP contribution is 2.24. The molecule has 0 aliphatic heterocycles. The first-order valence-corrected chi connectivity index (χ1v) is 9.33. The van der Waals surface area contributed by atoms with Crippen LogP contribution in [0.25, 0.3) is 0 Å². The van der Waals surface area contributed by atoms with Crippen LogP contribution in [0.1, 0.15) is 5.56 Å². The molecule has 0 spiro atoms. The van der Waals surface area contributed by atoms with Crippen molar-refractivity contribution < 1.29 is 0 Å². The molecule has 1 aromatic heterocycles. The SMILES string of the molecule is S=C(Nc1cccc(Cl)c1)Nc1nn(Cc2ccc(Cl)cc2Cl)cc1Cl. The van der Waals surface area contributed by atoms with Crippen LogP contribution in [0.4, 0.5) is 11.5 Å². The molecule has 0 radical (unpaired) electrons. The van der Waals surface area contributed by atoms with Crippen molar-refractivity contribution in [3.63, 3.8) is 0 Å². The number of nitrogens with zero attached hydrogens (tertiary/aromatic N) is 2. The number of aromatic nitrogens is 2. The maximum absolute atomic E-state index is 6.24. The van der Waals surface area contributed by atoms with Gasteiger partial charge in [0.05, 0.1) is 6.54 Å². The first-order chi connectivity index (χ1) is 12.4. The van der Waals surface area contributed by atoms with Crippen molar-refractivity contribution in [3.8, 4) is 0 Å². The van der Waals surface area contributed by atoms with Crippen molar-refractivity contribution >= 4 is 75.2 Å². The summed E-state index contributed by atoms with van der Waals surface area (Å²) in [6.07, 6.45) is 1.69. The van der Waals surface area contributed by atoms with Gasteiger partial charge in [-0.3, -0.25) is 4.68 Å². The highest BCUT2D eigenvalue weighted by Gasteiger charge is 2.11. The molecule has 2 N–H and O–H groups in total. The number of halogens is 4. The molecular formula is C17H12Cl4N4S. The smallest absolute Gasteiger partial charge is 0.176 e. The monoisotopic (exact) mass is 444 g/mol. The lowest BCUT2D eigenvalue weighted by Crippen LogP contribution is -2.19. The van der Waals surface area contributed by atoms with Gasteiger partial charge in [0.2, 0.25) is 0 Å². The molecule has 0 atom stereocenters. The molecule has 0 unspecified atom stereocenters. The number of anilines is 2. The summed E-state index contributed by atoms with van der Waals surface area (Å²) in [7, 11) is 0. The summed E-state index contributed by atoms with van der Waals surface area (Å²) in [4.78, 5) is 0. The standard InChI is InChI=1S/C17H12Cl4N4S/c18-11-2-1-3-13(6-11)22-17(26)23-16-15(21)9-25(24-16)8-10-4-5-12(19)7-14(10)20/h1-7,9H,8H2,(H2,22,23,24,26). The molecule has 134 valence electrons. The first-order valence-electron chi connectivity index (χ1n) is 7.41. The van der Waals surface area contributed by atoms with E-state index in [-0.39, 0.29) is 0 Å². The van der Waals surface area contributed by atoms with Crippen molar-refractivity contribution in [1.29, 1.82) is 0 Å². The second-order valence-corrected chi connectivity index (χ2v) is 7.44. The molecule has 0 amide bonds. The number of benzene rings is 2. The number of hydrogen-bond acceptors (Lipinski definition) is 2. The fourth-order valence-electron chi connectivity index (χ4n) is 2.22. The van der Waals surface area contributed by atoms with E-state index in [2.05, 4.69) is 15.7 Å². The Morgan fingerprint density at radius 2 is 1.73 bits per heavy atom. The Morgan fingerprint density at radius 1 is 0.962 bits per heavy atom. The van der Waals surface area contributed by atoms with Gasteiger partial charge >= 0.3 is 0 Å².